The molecule has 0 aliphatic carbocycles. The molecule has 1 atom stereocenters. The standard InChI is InChI=1S/C30H36ClN3O4S/c1-22(2)19-32-30(36)28(18-24-12-7-5-8-13-24)33(20-25-14-9-6-10-15-25)29(35)21-34(39(4,37)38)27-17-11-16-26(31)23(27)3/h5-17,22,28H,18-21H2,1-4H3,(H,32,36). The van der Waals surface area contributed by atoms with Crippen LogP contribution in [0.3, 0.4) is 0 Å². The van der Waals surface area contributed by atoms with Gasteiger partial charge in [-0.3, -0.25) is 13.9 Å². The first-order valence-electron chi connectivity index (χ1n) is 12.8. The Morgan fingerprint density at radius 2 is 1.49 bits per heavy atom. The van der Waals surface area contributed by atoms with E-state index >= 15 is 0 Å². The molecule has 0 aliphatic heterocycles. The summed E-state index contributed by atoms with van der Waals surface area (Å²) in [5, 5.41) is 3.37. The van der Waals surface area contributed by atoms with Crippen molar-refractivity contribution in [2.24, 2.45) is 5.92 Å². The smallest absolute Gasteiger partial charge is 0.244 e. The van der Waals surface area contributed by atoms with E-state index in [0.717, 1.165) is 21.7 Å². The second kappa shape index (κ2) is 13.6. The van der Waals surface area contributed by atoms with Crippen LogP contribution in [0.5, 0.6) is 0 Å². The van der Waals surface area contributed by atoms with Crippen LogP contribution in [0.15, 0.2) is 78.9 Å². The molecule has 0 saturated carbocycles. The number of anilines is 1. The van der Waals surface area contributed by atoms with Crippen molar-refractivity contribution < 1.29 is 18.0 Å². The molecule has 1 unspecified atom stereocenters. The third-order valence-corrected chi connectivity index (χ3v) is 7.87. The lowest BCUT2D eigenvalue weighted by Crippen LogP contribution is -2.53. The van der Waals surface area contributed by atoms with Gasteiger partial charge in [0.25, 0.3) is 0 Å². The van der Waals surface area contributed by atoms with Gasteiger partial charge in [-0.05, 0) is 41.7 Å². The predicted octanol–water partition coefficient (Wildman–Crippen LogP) is 4.83. The Kier molecular flexibility index (Phi) is 10.5. The number of amides is 2. The van der Waals surface area contributed by atoms with Gasteiger partial charge in [-0.2, -0.15) is 0 Å². The van der Waals surface area contributed by atoms with Crippen LogP contribution in [0.2, 0.25) is 5.02 Å². The van der Waals surface area contributed by atoms with E-state index in [1.54, 1.807) is 25.1 Å². The van der Waals surface area contributed by atoms with Crippen molar-refractivity contribution in [3.8, 4) is 0 Å². The largest absolute Gasteiger partial charge is 0.354 e. The lowest BCUT2D eigenvalue weighted by atomic mass is 10.0. The number of rotatable bonds is 12. The van der Waals surface area contributed by atoms with E-state index in [-0.39, 0.29) is 24.8 Å². The molecule has 208 valence electrons. The number of benzene rings is 3. The first-order valence-corrected chi connectivity index (χ1v) is 15.1. The zero-order valence-corrected chi connectivity index (χ0v) is 24.4. The molecule has 39 heavy (non-hydrogen) atoms. The van der Waals surface area contributed by atoms with Crippen LogP contribution >= 0.6 is 11.6 Å². The fraction of sp³-hybridized carbons (Fsp3) is 0.333. The Labute approximate surface area is 236 Å². The van der Waals surface area contributed by atoms with Crippen molar-refractivity contribution in [1.29, 1.82) is 0 Å². The van der Waals surface area contributed by atoms with E-state index in [9.17, 15) is 18.0 Å². The summed E-state index contributed by atoms with van der Waals surface area (Å²) in [5.74, 6) is -0.568. The Morgan fingerprint density at radius 1 is 0.897 bits per heavy atom. The predicted molar refractivity (Wildman–Crippen MR) is 157 cm³/mol. The molecule has 3 aromatic carbocycles. The maximum absolute atomic E-state index is 14.1. The number of halogens is 1. The molecule has 1 N–H and O–H groups in total. The number of sulfonamides is 1. The van der Waals surface area contributed by atoms with Crippen LogP contribution in [0.25, 0.3) is 0 Å². The van der Waals surface area contributed by atoms with Crippen LogP contribution in [-0.4, -0.2) is 50.5 Å². The number of nitrogens with zero attached hydrogens (tertiary/aromatic N) is 2. The molecule has 3 rings (SSSR count). The molecule has 9 heteroatoms. The average Bonchev–Trinajstić information content (AvgIpc) is 2.90. The average molecular weight is 570 g/mol. The number of nitrogens with one attached hydrogen (secondary N) is 1. The highest BCUT2D eigenvalue weighted by atomic mass is 35.5. The molecule has 3 aromatic rings. The minimum atomic E-state index is -3.86. The quantitative estimate of drug-likeness (QED) is 0.338. The maximum Gasteiger partial charge on any atom is 0.244 e. The van der Waals surface area contributed by atoms with Gasteiger partial charge in [0.1, 0.15) is 12.6 Å². The van der Waals surface area contributed by atoms with Crippen LogP contribution in [0, 0.1) is 12.8 Å². The van der Waals surface area contributed by atoms with Gasteiger partial charge in [-0.15, -0.1) is 0 Å². The van der Waals surface area contributed by atoms with E-state index in [2.05, 4.69) is 5.32 Å². The highest BCUT2D eigenvalue weighted by Gasteiger charge is 2.33. The molecule has 0 radical (unpaired) electrons. The monoisotopic (exact) mass is 569 g/mol. The molecular formula is C30H36ClN3O4S. The van der Waals surface area contributed by atoms with Crippen molar-refractivity contribution in [3.05, 3.63) is 101 Å². The number of carbonyl (C=O) groups excluding carboxylic acids is 2. The van der Waals surface area contributed by atoms with Crippen LogP contribution in [-0.2, 0) is 32.6 Å². The normalized spacial score (nSPS) is 12.2. The van der Waals surface area contributed by atoms with Gasteiger partial charge in [-0.25, -0.2) is 8.42 Å². The maximum atomic E-state index is 14.1. The Bertz CT molecular complexity index is 1370. The van der Waals surface area contributed by atoms with Gasteiger partial charge in [0, 0.05) is 24.5 Å². The Hall–Kier alpha value is -3.36. The number of carbonyl (C=O) groups is 2. The zero-order chi connectivity index (χ0) is 28.6. The van der Waals surface area contributed by atoms with E-state index in [1.165, 1.54) is 4.90 Å². The first-order chi connectivity index (χ1) is 18.5. The highest BCUT2D eigenvalue weighted by Crippen LogP contribution is 2.28. The van der Waals surface area contributed by atoms with E-state index < -0.39 is 28.5 Å². The number of hydrogen-bond donors (Lipinski definition) is 1. The van der Waals surface area contributed by atoms with E-state index in [0.29, 0.717) is 22.8 Å². The van der Waals surface area contributed by atoms with Crippen molar-refractivity contribution in [1.82, 2.24) is 10.2 Å². The van der Waals surface area contributed by atoms with Gasteiger partial charge in [0.15, 0.2) is 0 Å². The van der Waals surface area contributed by atoms with Gasteiger partial charge in [0.05, 0.1) is 11.9 Å². The fourth-order valence-electron chi connectivity index (χ4n) is 4.22. The summed E-state index contributed by atoms with van der Waals surface area (Å²) in [6.45, 7) is 5.82. The topological polar surface area (TPSA) is 86.8 Å². The third kappa shape index (κ3) is 8.57. The molecule has 2 amide bonds. The molecule has 0 aliphatic rings. The van der Waals surface area contributed by atoms with Crippen molar-refractivity contribution in [3.63, 3.8) is 0 Å². The summed E-state index contributed by atoms with van der Waals surface area (Å²) in [4.78, 5) is 29.1. The molecule has 0 fully saturated rings. The van der Waals surface area contributed by atoms with E-state index in [1.807, 2.05) is 74.5 Å². The summed E-state index contributed by atoms with van der Waals surface area (Å²) in [7, 11) is -3.86. The summed E-state index contributed by atoms with van der Waals surface area (Å²) in [6, 6.07) is 22.9. The molecule has 7 nitrogen and oxygen atoms in total. The van der Waals surface area contributed by atoms with Crippen LogP contribution in [0.4, 0.5) is 5.69 Å². The molecular weight excluding hydrogens is 534 g/mol. The minimum Gasteiger partial charge on any atom is -0.354 e. The van der Waals surface area contributed by atoms with Gasteiger partial charge in [-0.1, -0.05) is 92.2 Å². The molecule has 0 heterocycles. The van der Waals surface area contributed by atoms with Crippen LogP contribution < -0.4 is 9.62 Å². The van der Waals surface area contributed by atoms with Gasteiger partial charge < -0.3 is 10.2 Å². The van der Waals surface area contributed by atoms with Gasteiger partial charge in [0.2, 0.25) is 21.8 Å². The lowest BCUT2D eigenvalue weighted by Gasteiger charge is -2.34. The van der Waals surface area contributed by atoms with E-state index in [4.69, 9.17) is 11.6 Å². The zero-order valence-electron chi connectivity index (χ0n) is 22.8. The van der Waals surface area contributed by atoms with Crippen LogP contribution in [0.1, 0.15) is 30.5 Å². The molecule has 0 spiro atoms. The van der Waals surface area contributed by atoms with Gasteiger partial charge >= 0.3 is 0 Å². The Morgan fingerprint density at radius 3 is 2.05 bits per heavy atom. The van der Waals surface area contributed by atoms with Crippen molar-refractivity contribution >= 4 is 39.1 Å². The summed E-state index contributed by atoms with van der Waals surface area (Å²) < 4.78 is 26.9. The fourth-order valence-corrected chi connectivity index (χ4v) is 5.29. The third-order valence-electron chi connectivity index (χ3n) is 6.34. The van der Waals surface area contributed by atoms with Crippen molar-refractivity contribution in [2.45, 2.75) is 39.8 Å². The van der Waals surface area contributed by atoms with Crippen molar-refractivity contribution in [2.75, 3.05) is 23.7 Å². The Balaban J connectivity index is 2.05. The first kappa shape index (κ1) is 30.2. The second-order valence-electron chi connectivity index (χ2n) is 10.0. The molecule has 0 bridgehead atoms. The summed E-state index contributed by atoms with van der Waals surface area (Å²) in [5.41, 5.74) is 2.58. The molecule has 0 saturated heterocycles. The number of hydrogen-bond acceptors (Lipinski definition) is 4. The summed E-state index contributed by atoms with van der Waals surface area (Å²) >= 11 is 6.29. The molecule has 0 aromatic heterocycles. The minimum absolute atomic E-state index is 0.137. The SMILES string of the molecule is Cc1c(Cl)cccc1N(CC(=O)N(Cc1ccccc1)C(Cc1ccccc1)C(=O)NCC(C)C)S(C)(=O)=O. The summed E-state index contributed by atoms with van der Waals surface area (Å²) in [6.07, 6.45) is 1.33. The second-order valence-corrected chi connectivity index (χ2v) is 12.3. The highest BCUT2D eigenvalue weighted by molar-refractivity contribution is 7.92. The lowest BCUT2D eigenvalue weighted by molar-refractivity contribution is -0.140.